The molecule has 2 heterocycles. The van der Waals surface area contributed by atoms with Crippen molar-refractivity contribution in [1.82, 2.24) is 9.97 Å². The second kappa shape index (κ2) is 6.40. The van der Waals surface area contributed by atoms with Gasteiger partial charge in [0.15, 0.2) is 0 Å². The van der Waals surface area contributed by atoms with Crippen LogP contribution in [0.3, 0.4) is 0 Å². The predicted octanol–water partition coefficient (Wildman–Crippen LogP) is 4.36. The van der Waals surface area contributed by atoms with E-state index in [2.05, 4.69) is 24.4 Å². The van der Waals surface area contributed by atoms with Crippen molar-refractivity contribution in [2.75, 3.05) is 12.4 Å². The van der Waals surface area contributed by atoms with Crippen LogP contribution >= 0.6 is 11.3 Å². The highest BCUT2D eigenvalue weighted by Gasteiger charge is 2.22. The van der Waals surface area contributed by atoms with E-state index in [4.69, 9.17) is 14.7 Å². The third kappa shape index (κ3) is 2.73. The Morgan fingerprint density at radius 3 is 2.75 bits per heavy atom. The van der Waals surface area contributed by atoms with Crippen LogP contribution in [-0.2, 0) is 25.8 Å². The maximum atomic E-state index is 5.22. The minimum absolute atomic E-state index is 0.754. The fourth-order valence-corrected chi connectivity index (χ4v) is 4.54. The summed E-state index contributed by atoms with van der Waals surface area (Å²) < 4.78 is 5.22. The van der Waals surface area contributed by atoms with Gasteiger partial charge in [-0.15, -0.1) is 11.3 Å². The molecule has 0 spiro atoms. The lowest BCUT2D eigenvalue weighted by Crippen LogP contribution is -2.05. The van der Waals surface area contributed by atoms with Crippen molar-refractivity contribution in [3.8, 4) is 5.75 Å². The van der Waals surface area contributed by atoms with E-state index < -0.39 is 0 Å². The minimum Gasteiger partial charge on any atom is -0.497 e. The van der Waals surface area contributed by atoms with Gasteiger partial charge in [0.25, 0.3) is 0 Å². The number of methoxy groups -OCH3 is 1. The van der Waals surface area contributed by atoms with E-state index >= 15 is 0 Å². The van der Waals surface area contributed by atoms with Crippen LogP contribution in [0.25, 0.3) is 10.2 Å². The largest absolute Gasteiger partial charge is 0.497 e. The number of aromatic nitrogens is 2. The SMILES string of the molecule is CCc1nc(NCc2ccc(OC)cc2)c2c3c(sc2n1)CCC3. The summed E-state index contributed by atoms with van der Waals surface area (Å²) in [5, 5.41) is 4.80. The highest BCUT2D eigenvalue weighted by molar-refractivity contribution is 7.19. The average Bonchev–Trinajstić information content (AvgIpc) is 3.20. The van der Waals surface area contributed by atoms with Crippen molar-refractivity contribution in [3.05, 3.63) is 46.1 Å². The molecule has 1 aliphatic carbocycles. The molecule has 1 aliphatic rings. The molecule has 0 atom stereocenters. The van der Waals surface area contributed by atoms with Crippen LogP contribution < -0.4 is 10.1 Å². The highest BCUT2D eigenvalue weighted by Crippen LogP contribution is 2.39. The Morgan fingerprint density at radius 2 is 2.00 bits per heavy atom. The lowest BCUT2D eigenvalue weighted by molar-refractivity contribution is 0.414. The van der Waals surface area contributed by atoms with Crippen molar-refractivity contribution in [2.24, 2.45) is 0 Å². The number of hydrogen-bond donors (Lipinski definition) is 1. The first kappa shape index (κ1) is 15.4. The Morgan fingerprint density at radius 1 is 1.17 bits per heavy atom. The van der Waals surface area contributed by atoms with Gasteiger partial charge in [0.05, 0.1) is 12.5 Å². The zero-order valence-electron chi connectivity index (χ0n) is 14.1. The molecule has 0 saturated carbocycles. The third-order valence-corrected chi connectivity index (χ3v) is 5.73. The first-order chi connectivity index (χ1) is 11.8. The van der Waals surface area contributed by atoms with E-state index in [0.29, 0.717) is 0 Å². The number of aryl methyl sites for hydroxylation is 3. The van der Waals surface area contributed by atoms with Crippen molar-refractivity contribution >= 4 is 27.4 Å². The van der Waals surface area contributed by atoms with E-state index in [-0.39, 0.29) is 0 Å². The molecular weight excluding hydrogens is 318 g/mol. The van der Waals surface area contributed by atoms with Gasteiger partial charge >= 0.3 is 0 Å². The zero-order chi connectivity index (χ0) is 16.5. The number of anilines is 1. The first-order valence-corrected chi connectivity index (χ1v) is 9.28. The topological polar surface area (TPSA) is 47.0 Å². The molecule has 0 radical (unpaired) electrons. The smallest absolute Gasteiger partial charge is 0.139 e. The summed E-state index contributed by atoms with van der Waals surface area (Å²) >= 11 is 1.85. The number of rotatable bonds is 5. The molecular formula is C19H21N3OS. The van der Waals surface area contributed by atoms with Crippen molar-refractivity contribution in [3.63, 3.8) is 0 Å². The van der Waals surface area contributed by atoms with Gasteiger partial charge in [0.1, 0.15) is 22.2 Å². The molecule has 124 valence electrons. The molecule has 0 aliphatic heterocycles. The Hall–Kier alpha value is -2.14. The monoisotopic (exact) mass is 339 g/mol. The zero-order valence-corrected chi connectivity index (χ0v) is 14.9. The van der Waals surface area contributed by atoms with Crippen molar-refractivity contribution in [1.29, 1.82) is 0 Å². The second-order valence-electron chi connectivity index (χ2n) is 6.08. The maximum Gasteiger partial charge on any atom is 0.139 e. The fourth-order valence-electron chi connectivity index (χ4n) is 3.26. The van der Waals surface area contributed by atoms with E-state index in [9.17, 15) is 0 Å². The summed E-state index contributed by atoms with van der Waals surface area (Å²) in [5.74, 6) is 2.79. The Labute approximate surface area is 145 Å². The highest BCUT2D eigenvalue weighted by atomic mass is 32.1. The summed E-state index contributed by atoms with van der Waals surface area (Å²) in [5.41, 5.74) is 2.68. The molecule has 3 aromatic rings. The van der Waals surface area contributed by atoms with Gasteiger partial charge in [0.2, 0.25) is 0 Å². The average molecular weight is 339 g/mol. The van der Waals surface area contributed by atoms with E-state index in [1.807, 2.05) is 23.5 Å². The number of thiophene rings is 1. The Kier molecular flexibility index (Phi) is 4.10. The van der Waals surface area contributed by atoms with Crippen molar-refractivity contribution < 1.29 is 4.74 Å². The van der Waals surface area contributed by atoms with Crippen LogP contribution in [0.15, 0.2) is 24.3 Å². The van der Waals surface area contributed by atoms with Gasteiger partial charge in [-0.3, -0.25) is 0 Å². The van der Waals surface area contributed by atoms with Crippen molar-refractivity contribution in [2.45, 2.75) is 39.2 Å². The Bertz CT molecular complexity index is 870. The molecule has 1 aromatic carbocycles. The lowest BCUT2D eigenvalue weighted by Gasteiger charge is -2.10. The standard InChI is InChI=1S/C19H21N3OS/c1-3-16-21-18(20-11-12-7-9-13(23-2)10-8-12)17-14-5-4-6-15(14)24-19(17)22-16/h7-10H,3-6,11H2,1-2H3,(H,20,21,22). The summed E-state index contributed by atoms with van der Waals surface area (Å²) in [6, 6.07) is 8.16. The van der Waals surface area contributed by atoms with Gasteiger partial charge in [-0.25, -0.2) is 9.97 Å². The van der Waals surface area contributed by atoms with Gasteiger partial charge in [-0.1, -0.05) is 19.1 Å². The fraction of sp³-hybridized carbons (Fsp3) is 0.368. The van der Waals surface area contributed by atoms with Gasteiger partial charge in [-0.05, 0) is 42.5 Å². The third-order valence-electron chi connectivity index (χ3n) is 4.55. The Balaban J connectivity index is 1.66. The van der Waals surface area contributed by atoms with Crippen LogP contribution in [-0.4, -0.2) is 17.1 Å². The molecule has 4 nitrogen and oxygen atoms in total. The van der Waals surface area contributed by atoms with Crippen LogP contribution in [0.5, 0.6) is 5.75 Å². The summed E-state index contributed by atoms with van der Waals surface area (Å²) in [6.07, 6.45) is 4.46. The lowest BCUT2D eigenvalue weighted by atomic mass is 10.1. The van der Waals surface area contributed by atoms with Crippen LogP contribution in [0.4, 0.5) is 5.82 Å². The van der Waals surface area contributed by atoms with E-state index in [0.717, 1.165) is 41.6 Å². The number of fused-ring (bicyclic) bond motifs is 3. The second-order valence-corrected chi connectivity index (χ2v) is 7.16. The van der Waals surface area contributed by atoms with Gasteiger partial charge in [0, 0.05) is 17.8 Å². The van der Waals surface area contributed by atoms with E-state index in [1.165, 1.54) is 34.2 Å². The maximum absolute atomic E-state index is 5.22. The first-order valence-electron chi connectivity index (χ1n) is 8.46. The molecule has 0 unspecified atom stereocenters. The molecule has 1 N–H and O–H groups in total. The summed E-state index contributed by atoms with van der Waals surface area (Å²) in [7, 11) is 1.69. The molecule has 2 aromatic heterocycles. The number of nitrogens with zero attached hydrogens (tertiary/aromatic N) is 2. The van der Waals surface area contributed by atoms with Crippen LogP contribution in [0.1, 0.15) is 35.2 Å². The molecule has 24 heavy (non-hydrogen) atoms. The van der Waals surface area contributed by atoms with Gasteiger partial charge in [-0.2, -0.15) is 0 Å². The quantitative estimate of drug-likeness (QED) is 0.750. The van der Waals surface area contributed by atoms with Gasteiger partial charge < -0.3 is 10.1 Å². The van der Waals surface area contributed by atoms with E-state index in [1.54, 1.807) is 7.11 Å². The number of nitrogens with one attached hydrogen (secondary N) is 1. The van der Waals surface area contributed by atoms with Crippen LogP contribution in [0, 0.1) is 0 Å². The summed E-state index contributed by atoms with van der Waals surface area (Å²) in [6.45, 7) is 2.86. The number of benzene rings is 1. The normalized spacial score (nSPS) is 13.2. The number of hydrogen-bond acceptors (Lipinski definition) is 5. The molecule has 5 heteroatoms. The number of ether oxygens (including phenoxy) is 1. The molecule has 0 amide bonds. The molecule has 4 rings (SSSR count). The predicted molar refractivity (Wildman–Crippen MR) is 99.1 cm³/mol. The summed E-state index contributed by atoms with van der Waals surface area (Å²) in [4.78, 5) is 12.2. The molecule has 0 saturated heterocycles. The molecule has 0 fully saturated rings. The minimum atomic E-state index is 0.754. The van der Waals surface area contributed by atoms with Crippen LogP contribution in [0.2, 0.25) is 0 Å². The molecule has 0 bridgehead atoms.